The second-order valence-electron chi connectivity index (χ2n) is 5.85. The lowest BCUT2D eigenvalue weighted by Crippen LogP contribution is -2.32. The molecular weight excluding hydrogens is 262 g/mol. The summed E-state index contributed by atoms with van der Waals surface area (Å²) in [4.78, 5) is 26.5. The van der Waals surface area contributed by atoms with E-state index in [9.17, 15) is 9.59 Å². The molecule has 3 nitrogen and oxygen atoms in total. The molecule has 2 aliphatic carbocycles. The maximum atomic E-state index is 12.6. The van der Waals surface area contributed by atoms with E-state index >= 15 is 0 Å². The first kappa shape index (κ1) is 11.5. The molecule has 1 heterocycles. The van der Waals surface area contributed by atoms with Crippen LogP contribution in [-0.2, 0) is 9.59 Å². The second-order valence-corrected chi connectivity index (χ2v) is 6.26. The number of halogens is 1. The summed E-state index contributed by atoms with van der Waals surface area (Å²) in [6.07, 6.45) is 3.26. The molecule has 3 aliphatic rings. The average Bonchev–Trinajstić information content (AvgIpc) is 3.06. The highest BCUT2D eigenvalue weighted by Crippen LogP contribution is 2.56. The van der Waals surface area contributed by atoms with Crippen molar-refractivity contribution in [1.82, 2.24) is 0 Å². The van der Waals surface area contributed by atoms with E-state index in [0.717, 1.165) is 19.3 Å². The van der Waals surface area contributed by atoms with Crippen LogP contribution in [0.15, 0.2) is 24.3 Å². The van der Waals surface area contributed by atoms with Crippen LogP contribution in [0.4, 0.5) is 5.69 Å². The van der Waals surface area contributed by atoms with Crippen LogP contribution in [0.5, 0.6) is 0 Å². The molecule has 2 amide bonds. The standard InChI is InChI=1S/C15H14ClNO2/c16-10-3-1-2-4-11(10)17-14(18)12-8-5-6-9(7-8)13(12)15(17)19/h1-4,8-9,12-13H,5-7H2/t8-,9+,12-,13-/m0/s1. The van der Waals surface area contributed by atoms with Gasteiger partial charge in [-0.2, -0.15) is 0 Å². The topological polar surface area (TPSA) is 37.4 Å². The van der Waals surface area contributed by atoms with Crippen molar-refractivity contribution in [2.75, 3.05) is 4.90 Å². The van der Waals surface area contributed by atoms with Gasteiger partial charge >= 0.3 is 0 Å². The van der Waals surface area contributed by atoms with Crippen molar-refractivity contribution in [3.05, 3.63) is 29.3 Å². The van der Waals surface area contributed by atoms with Crippen LogP contribution in [-0.4, -0.2) is 11.8 Å². The number of hydrogen-bond acceptors (Lipinski definition) is 2. The number of carbonyl (C=O) groups is 2. The maximum Gasteiger partial charge on any atom is 0.238 e. The number of rotatable bonds is 1. The van der Waals surface area contributed by atoms with E-state index in [2.05, 4.69) is 0 Å². The first-order valence-electron chi connectivity index (χ1n) is 6.81. The average molecular weight is 276 g/mol. The second kappa shape index (κ2) is 3.83. The highest BCUT2D eigenvalue weighted by Gasteiger charge is 2.61. The lowest BCUT2D eigenvalue weighted by Gasteiger charge is -2.19. The zero-order valence-corrected chi connectivity index (χ0v) is 11.1. The Labute approximate surface area is 116 Å². The van der Waals surface area contributed by atoms with Gasteiger partial charge in [-0.15, -0.1) is 0 Å². The molecule has 19 heavy (non-hydrogen) atoms. The van der Waals surface area contributed by atoms with Gasteiger partial charge in [-0.3, -0.25) is 9.59 Å². The molecule has 1 aromatic carbocycles. The van der Waals surface area contributed by atoms with Gasteiger partial charge in [0.15, 0.2) is 0 Å². The number of fused-ring (bicyclic) bond motifs is 5. The zero-order chi connectivity index (χ0) is 13.1. The van der Waals surface area contributed by atoms with Crippen molar-refractivity contribution < 1.29 is 9.59 Å². The van der Waals surface area contributed by atoms with E-state index in [1.165, 1.54) is 4.90 Å². The van der Waals surface area contributed by atoms with Gasteiger partial charge in [-0.1, -0.05) is 23.7 Å². The van der Waals surface area contributed by atoms with E-state index < -0.39 is 0 Å². The van der Waals surface area contributed by atoms with Gasteiger partial charge in [0.1, 0.15) is 0 Å². The molecular formula is C15H14ClNO2. The number of imide groups is 1. The van der Waals surface area contributed by atoms with Crippen LogP contribution in [0.2, 0.25) is 5.02 Å². The third-order valence-electron chi connectivity index (χ3n) is 5.02. The number of hydrogen-bond donors (Lipinski definition) is 0. The van der Waals surface area contributed by atoms with Gasteiger partial charge < -0.3 is 0 Å². The number of anilines is 1. The van der Waals surface area contributed by atoms with E-state index in [4.69, 9.17) is 11.6 Å². The lowest BCUT2D eigenvalue weighted by atomic mass is 9.81. The van der Waals surface area contributed by atoms with Crippen LogP contribution in [0, 0.1) is 23.7 Å². The van der Waals surface area contributed by atoms with Crippen molar-refractivity contribution in [2.45, 2.75) is 19.3 Å². The summed E-state index contributed by atoms with van der Waals surface area (Å²) in [6.45, 7) is 0. The molecule has 2 bridgehead atoms. The molecule has 0 radical (unpaired) electrons. The number of nitrogens with zero attached hydrogens (tertiary/aromatic N) is 1. The molecule has 4 heteroatoms. The first-order chi connectivity index (χ1) is 9.18. The van der Waals surface area contributed by atoms with E-state index in [-0.39, 0.29) is 23.7 Å². The van der Waals surface area contributed by atoms with Crippen LogP contribution >= 0.6 is 11.6 Å². The van der Waals surface area contributed by atoms with Gasteiger partial charge in [0, 0.05) is 0 Å². The summed E-state index contributed by atoms with van der Waals surface area (Å²) >= 11 is 6.13. The normalized spacial score (nSPS) is 36.2. The molecule has 1 aliphatic heterocycles. The number of carbonyl (C=O) groups excluding carboxylic acids is 2. The molecule has 2 saturated carbocycles. The first-order valence-corrected chi connectivity index (χ1v) is 7.18. The summed E-state index contributed by atoms with van der Waals surface area (Å²) < 4.78 is 0. The third-order valence-corrected chi connectivity index (χ3v) is 5.34. The molecule has 1 saturated heterocycles. The van der Waals surface area contributed by atoms with Crippen molar-refractivity contribution in [3.8, 4) is 0 Å². The molecule has 0 spiro atoms. The molecule has 0 unspecified atom stereocenters. The Balaban J connectivity index is 1.78. The predicted molar refractivity (Wildman–Crippen MR) is 71.8 cm³/mol. The summed E-state index contributed by atoms with van der Waals surface area (Å²) in [7, 11) is 0. The Morgan fingerprint density at radius 1 is 1.00 bits per heavy atom. The third kappa shape index (κ3) is 1.39. The maximum absolute atomic E-state index is 12.6. The Morgan fingerprint density at radius 3 is 2.16 bits per heavy atom. The summed E-state index contributed by atoms with van der Waals surface area (Å²) in [5.74, 6) is 0.605. The van der Waals surface area contributed by atoms with Gasteiger partial charge in [-0.25, -0.2) is 4.90 Å². The fourth-order valence-electron chi connectivity index (χ4n) is 4.28. The zero-order valence-electron chi connectivity index (χ0n) is 10.4. The number of para-hydroxylation sites is 1. The van der Waals surface area contributed by atoms with Gasteiger partial charge in [0.05, 0.1) is 22.5 Å². The van der Waals surface area contributed by atoms with E-state index in [0.29, 0.717) is 22.5 Å². The Hall–Kier alpha value is -1.35. The van der Waals surface area contributed by atoms with Crippen molar-refractivity contribution in [1.29, 1.82) is 0 Å². The highest BCUT2D eigenvalue weighted by molar-refractivity contribution is 6.36. The largest absolute Gasteiger partial charge is 0.274 e. The SMILES string of the molecule is O=C1[C@H]2[C@@H]3CC[C@@H](C3)[C@@H]2C(=O)N1c1ccccc1Cl. The molecule has 4 rings (SSSR count). The van der Waals surface area contributed by atoms with Gasteiger partial charge in [0.25, 0.3) is 0 Å². The molecule has 3 fully saturated rings. The monoisotopic (exact) mass is 275 g/mol. The molecule has 1 aromatic rings. The highest BCUT2D eigenvalue weighted by atomic mass is 35.5. The van der Waals surface area contributed by atoms with E-state index in [1.54, 1.807) is 18.2 Å². The fraction of sp³-hybridized carbons (Fsp3) is 0.467. The smallest absolute Gasteiger partial charge is 0.238 e. The lowest BCUT2D eigenvalue weighted by molar-refractivity contribution is -0.123. The Morgan fingerprint density at radius 2 is 1.58 bits per heavy atom. The minimum atomic E-state index is -0.0810. The van der Waals surface area contributed by atoms with Crippen LogP contribution < -0.4 is 4.90 Å². The summed E-state index contributed by atoms with van der Waals surface area (Å²) in [6, 6.07) is 7.09. The van der Waals surface area contributed by atoms with E-state index in [1.807, 2.05) is 6.07 Å². The van der Waals surface area contributed by atoms with Crippen molar-refractivity contribution >= 4 is 29.1 Å². The Kier molecular flexibility index (Phi) is 2.31. The quantitative estimate of drug-likeness (QED) is 0.739. The molecule has 0 aromatic heterocycles. The van der Waals surface area contributed by atoms with Crippen LogP contribution in [0.3, 0.4) is 0 Å². The minimum Gasteiger partial charge on any atom is -0.274 e. The minimum absolute atomic E-state index is 0.0321. The number of benzene rings is 1. The molecule has 4 atom stereocenters. The predicted octanol–water partition coefficient (Wildman–Crippen LogP) is 2.88. The van der Waals surface area contributed by atoms with Crippen LogP contribution in [0.1, 0.15) is 19.3 Å². The summed E-state index contributed by atoms with van der Waals surface area (Å²) in [5, 5.41) is 0.469. The van der Waals surface area contributed by atoms with Gasteiger partial charge in [0.2, 0.25) is 11.8 Å². The van der Waals surface area contributed by atoms with Gasteiger partial charge in [-0.05, 0) is 43.2 Å². The molecule has 98 valence electrons. The van der Waals surface area contributed by atoms with Crippen molar-refractivity contribution in [2.24, 2.45) is 23.7 Å². The van der Waals surface area contributed by atoms with Crippen molar-refractivity contribution in [3.63, 3.8) is 0 Å². The summed E-state index contributed by atoms with van der Waals surface area (Å²) in [5.41, 5.74) is 0.549. The fourth-order valence-corrected chi connectivity index (χ4v) is 4.50. The Bertz CT molecular complexity index is 557. The number of amides is 2. The molecule has 0 N–H and O–H groups in total. The van der Waals surface area contributed by atoms with Crippen LogP contribution in [0.25, 0.3) is 0 Å².